The van der Waals surface area contributed by atoms with Crippen LogP contribution in [0, 0.1) is 24.7 Å². The molecule has 0 radical (unpaired) electrons. The molecule has 3 atom stereocenters. The first-order valence-electron chi connectivity index (χ1n) is 8.90. The fourth-order valence-electron chi connectivity index (χ4n) is 3.43. The van der Waals surface area contributed by atoms with Crippen molar-refractivity contribution >= 4 is 5.91 Å². The fourth-order valence-corrected chi connectivity index (χ4v) is 3.43. The molecule has 1 aliphatic rings. The minimum Gasteiger partial charge on any atom is -0.347 e. The highest BCUT2D eigenvalue weighted by Crippen LogP contribution is 2.25. The van der Waals surface area contributed by atoms with E-state index in [0.717, 1.165) is 24.3 Å². The number of pyridine rings is 1. The first-order valence-corrected chi connectivity index (χ1v) is 8.90. The number of aromatic nitrogens is 1. The number of hydrogen-bond acceptors (Lipinski definition) is 3. The van der Waals surface area contributed by atoms with Gasteiger partial charge in [-0.05, 0) is 62.2 Å². The first kappa shape index (κ1) is 17.9. The standard InChI is InChI=1S/C19H31N3O/c1-13(2)18(19-14(3)7-5-10-21-19)22-17(23)11-15(4)16-8-6-9-20-12-16/h5,7,10,13,15-16,18,20H,6,8-9,11-12H2,1-4H3,(H,22,23). The van der Waals surface area contributed by atoms with E-state index in [9.17, 15) is 4.79 Å². The molecule has 2 rings (SSSR count). The zero-order valence-corrected chi connectivity index (χ0v) is 14.9. The van der Waals surface area contributed by atoms with Crippen LogP contribution in [0.3, 0.4) is 0 Å². The van der Waals surface area contributed by atoms with Gasteiger partial charge in [0, 0.05) is 12.6 Å². The Morgan fingerprint density at radius 3 is 2.83 bits per heavy atom. The molecule has 0 spiro atoms. The molecule has 0 bridgehead atoms. The summed E-state index contributed by atoms with van der Waals surface area (Å²) < 4.78 is 0. The smallest absolute Gasteiger partial charge is 0.220 e. The van der Waals surface area contributed by atoms with Crippen LogP contribution in [0.1, 0.15) is 57.3 Å². The highest BCUT2D eigenvalue weighted by molar-refractivity contribution is 5.76. The predicted octanol–water partition coefficient (Wildman–Crippen LogP) is 3.23. The maximum absolute atomic E-state index is 12.5. The summed E-state index contributed by atoms with van der Waals surface area (Å²) in [7, 11) is 0. The summed E-state index contributed by atoms with van der Waals surface area (Å²) in [6.07, 6.45) is 4.86. The second-order valence-electron chi connectivity index (χ2n) is 7.28. The monoisotopic (exact) mass is 317 g/mol. The molecule has 0 aliphatic carbocycles. The molecule has 4 nitrogen and oxygen atoms in total. The molecule has 4 heteroatoms. The van der Waals surface area contributed by atoms with Crippen LogP contribution in [0.4, 0.5) is 0 Å². The van der Waals surface area contributed by atoms with Gasteiger partial charge in [0.25, 0.3) is 0 Å². The molecule has 1 aromatic heterocycles. The van der Waals surface area contributed by atoms with E-state index in [1.807, 2.05) is 6.07 Å². The molecule has 1 aliphatic heterocycles. The number of carbonyl (C=O) groups excluding carboxylic acids is 1. The van der Waals surface area contributed by atoms with Crippen LogP contribution < -0.4 is 10.6 Å². The Bertz CT molecular complexity index is 509. The lowest BCUT2D eigenvalue weighted by Crippen LogP contribution is -2.37. The van der Waals surface area contributed by atoms with Crippen LogP contribution in [0.25, 0.3) is 0 Å². The predicted molar refractivity (Wildman–Crippen MR) is 94.1 cm³/mol. The molecule has 1 aromatic rings. The second-order valence-corrected chi connectivity index (χ2v) is 7.28. The molecule has 23 heavy (non-hydrogen) atoms. The van der Waals surface area contributed by atoms with Crippen LogP contribution >= 0.6 is 0 Å². The van der Waals surface area contributed by atoms with Crippen molar-refractivity contribution in [2.24, 2.45) is 17.8 Å². The van der Waals surface area contributed by atoms with E-state index in [2.05, 4.69) is 49.4 Å². The molecular weight excluding hydrogens is 286 g/mol. The maximum atomic E-state index is 12.5. The van der Waals surface area contributed by atoms with Gasteiger partial charge in [0.2, 0.25) is 5.91 Å². The molecular formula is C19H31N3O. The van der Waals surface area contributed by atoms with Crippen molar-refractivity contribution in [3.8, 4) is 0 Å². The molecule has 1 fully saturated rings. The van der Waals surface area contributed by atoms with Gasteiger partial charge in [-0.2, -0.15) is 0 Å². The van der Waals surface area contributed by atoms with Crippen LogP contribution in [-0.4, -0.2) is 24.0 Å². The zero-order valence-electron chi connectivity index (χ0n) is 14.9. The van der Waals surface area contributed by atoms with Gasteiger partial charge < -0.3 is 10.6 Å². The molecule has 128 valence electrons. The van der Waals surface area contributed by atoms with Crippen LogP contribution in [0.2, 0.25) is 0 Å². The van der Waals surface area contributed by atoms with Crippen molar-refractivity contribution in [2.75, 3.05) is 13.1 Å². The Morgan fingerprint density at radius 1 is 1.43 bits per heavy atom. The fraction of sp³-hybridized carbons (Fsp3) is 0.684. The van der Waals surface area contributed by atoms with E-state index in [1.165, 1.54) is 12.8 Å². The van der Waals surface area contributed by atoms with Crippen molar-refractivity contribution in [2.45, 2.75) is 53.0 Å². The molecule has 0 saturated carbocycles. The zero-order chi connectivity index (χ0) is 16.8. The Labute approximate surface area is 140 Å². The highest BCUT2D eigenvalue weighted by Gasteiger charge is 2.25. The Balaban J connectivity index is 1.97. The average molecular weight is 317 g/mol. The Hall–Kier alpha value is -1.42. The van der Waals surface area contributed by atoms with Gasteiger partial charge in [0.1, 0.15) is 0 Å². The SMILES string of the molecule is Cc1cccnc1C(NC(=O)CC(C)C1CCCNC1)C(C)C. The van der Waals surface area contributed by atoms with Crippen molar-refractivity contribution in [3.05, 3.63) is 29.6 Å². The second kappa shape index (κ2) is 8.44. The minimum absolute atomic E-state index is 0.0135. The van der Waals surface area contributed by atoms with Gasteiger partial charge in [0.15, 0.2) is 0 Å². The summed E-state index contributed by atoms with van der Waals surface area (Å²) in [5, 5.41) is 6.66. The molecule has 2 heterocycles. The number of amides is 1. The number of rotatable bonds is 6. The Kier molecular flexibility index (Phi) is 6.58. The van der Waals surface area contributed by atoms with E-state index in [0.29, 0.717) is 24.2 Å². The summed E-state index contributed by atoms with van der Waals surface area (Å²) >= 11 is 0. The lowest BCUT2D eigenvalue weighted by Gasteiger charge is -2.29. The minimum atomic E-state index is -0.0135. The van der Waals surface area contributed by atoms with Crippen molar-refractivity contribution in [3.63, 3.8) is 0 Å². The van der Waals surface area contributed by atoms with E-state index in [4.69, 9.17) is 0 Å². The number of piperidine rings is 1. The van der Waals surface area contributed by atoms with Gasteiger partial charge in [-0.3, -0.25) is 9.78 Å². The summed E-state index contributed by atoms with van der Waals surface area (Å²) in [5.74, 6) is 1.50. The third-order valence-corrected chi connectivity index (χ3v) is 4.97. The lowest BCUT2D eigenvalue weighted by molar-refractivity contribution is -0.123. The topological polar surface area (TPSA) is 54.0 Å². The van der Waals surface area contributed by atoms with Gasteiger partial charge in [-0.25, -0.2) is 0 Å². The van der Waals surface area contributed by atoms with Crippen LogP contribution in [0.5, 0.6) is 0 Å². The third-order valence-electron chi connectivity index (χ3n) is 4.97. The van der Waals surface area contributed by atoms with Crippen molar-refractivity contribution in [1.29, 1.82) is 0 Å². The summed E-state index contributed by atoms with van der Waals surface area (Å²) in [4.78, 5) is 17.0. The molecule has 1 saturated heterocycles. The summed E-state index contributed by atoms with van der Waals surface area (Å²) in [6, 6.07) is 3.98. The largest absolute Gasteiger partial charge is 0.347 e. The maximum Gasteiger partial charge on any atom is 0.220 e. The van der Waals surface area contributed by atoms with E-state index < -0.39 is 0 Å². The molecule has 2 N–H and O–H groups in total. The normalized spacial score (nSPS) is 21.0. The number of aryl methyl sites for hydroxylation is 1. The number of carbonyl (C=O) groups is 1. The van der Waals surface area contributed by atoms with Crippen LogP contribution in [0.15, 0.2) is 18.3 Å². The van der Waals surface area contributed by atoms with Crippen molar-refractivity contribution in [1.82, 2.24) is 15.6 Å². The average Bonchev–Trinajstić information content (AvgIpc) is 2.54. The quantitative estimate of drug-likeness (QED) is 0.847. The van der Waals surface area contributed by atoms with Gasteiger partial charge in [-0.15, -0.1) is 0 Å². The van der Waals surface area contributed by atoms with E-state index >= 15 is 0 Å². The highest BCUT2D eigenvalue weighted by atomic mass is 16.1. The number of nitrogens with one attached hydrogen (secondary N) is 2. The van der Waals surface area contributed by atoms with E-state index in [-0.39, 0.29) is 11.9 Å². The molecule has 0 aromatic carbocycles. The van der Waals surface area contributed by atoms with E-state index in [1.54, 1.807) is 6.20 Å². The molecule has 3 unspecified atom stereocenters. The third kappa shape index (κ3) is 5.03. The summed E-state index contributed by atoms with van der Waals surface area (Å²) in [6.45, 7) is 10.7. The van der Waals surface area contributed by atoms with Crippen LogP contribution in [-0.2, 0) is 4.79 Å². The number of nitrogens with zero attached hydrogens (tertiary/aromatic N) is 1. The van der Waals surface area contributed by atoms with Gasteiger partial charge >= 0.3 is 0 Å². The van der Waals surface area contributed by atoms with Crippen molar-refractivity contribution < 1.29 is 4.79 Å². The van der Waals surface area contributed by atoms with Gasteiger partial charge in [0.05, 0.1) is 11.7 Å². The Morgan fingerprint density at radius 2 is 2.22 bits per heavy atom. The summed E-state index contributed by atoms with van der Waals surface area (Å²) in [5.41, 5.74) is 2.12. The lowest BCUT2D eigenvalue weighted by atomic mass is 9.85. The van der Waals surface area contributed by atoms with Gasteiger partial charge in [-0.1, -0.05) is 26.8 Å². The first-order chi connectivity index (χ1) is 11.0. The number of hydrogen-bond donors (Lipinski definition) is 2. The molecule has 1 amide bonds.